The van der Waals surface area contributed by atoms with Crippen molar-refractivity contribution in [3.8, 4) is 0 Å². The Morgan fingerprint density at radius 2 is 1.61 bits per heavy atom. The fourth-order valence-electron chi connectivity index (χ4n) is 1.72. The Kier molecular flexibility index (Phi) is 5.24. The molecular formula is C14H11Br2IO. The van der Waals surface area contributed by atoms with Gasteiger partial charge in [-0.2, -0.15) is 0 Å². The van der Waals surface area contributed by atoms with Gasteiger partial charge in [-0.1, -0.05) is 44.0 Å². The van der Waals surface area contributed by atoms with Crippen molar-refractivity contribution >= 4 is 54.5 Å². The lowest BCUT2D eigenvalue weighted by molar-refractivity contribution is 0.177. The number of aliphatic hydroxyl groups excluding tert-OH is 1. The van der Waals surface area contributed by atoms with Gasteiger partial charge in [0.05, 0.1) is 6.10 Å². The molecule has 0 spiro atoms. The third-order valence-electron chi connectivity index (χ3n) is 2.66. The van der Waals surface area contributed by atoms with Gasteiger partial charge in [0.1, 0.15) is 0 Å². The van der Waals surface area contributed by atoms with Crippen molar-refractivity contribution in [2.75, 3.05) is 0 Å². The average molecular weight is 482 g/mol. The van der Waals surface area contributed by atoms with E-state index >= 15 is 0 Å². The van der Waals surface area contributed by atoms with Crippen LogP contribution in [-0.4, -0.2) is 5.11 Å². The number of aliphatic hydroxyl groups is 1. The molecule has 4 heteroatoms. The predicted octanol–water partition coefficient (Wildman–Crippen LogP) is 5.09. The van der Waals surface area contributed by atoms with Gasteiger partial charge in [0.15, 0.2) is 0 Å². The summed E-state index contributed by atoms with van der Waals surface area (Å²) < 4.78 is 3.13. The van der Waals surface area contributed by atoms with Gasteiger partial charge in [0.2, 0.25) is 0 Å². The summed E-state index contributed by atoms with van der Waals surface area (Å²) in [5.41, 5.74) is 2.09. The van der Waals surface area contributed by atoms with Crippen molar-refractivity contribution < 1.29 is 5.11 Å². The topological polar surface area (TPSA) is 20.2 Å². The molecule has 18 heavy (non-hydrogen) atoms. The second kappa shape index (κ2) is 6.50. The van der Waals surface area contributed by atoms with Crippen LogP contribution in [0.5, 0.6) is 0 Å². The van der Waals surface area contributed by atoms with Crippen molar-refractivity contribution in [3.05, 3.63) is 66.1 Å². The minimum Gasteiger partial charge on any atom is -0.388 e. The highest BCUT2D eigenvalue weighted by molar-refractivity contribution is 14.1. The molecule has 2 rings (SSSR count). The maximum absolute atomic E-state index is 10.3. The van der Waals surface area contributed by atoms with Gasteiger partial charge in [-0.15, -0.1) is 0 Å². The van der Waals surface area contributed by atoms with E-state index < -0.39 is 6.10 Å². The van der Waals surface area contributed by atoms with Crippen LogP contribution in [0.3, 0.4) is 0 Å². The van der Waals surface area contributed by atoms with Gasteiger partial charge < -0.3 is 5.11 Å². The maximum atomic E-state index is 10.3. The highest BCUT2D eigenvalue weighted by atomic mass is 127. The van der Waals surface area contributed by atoms with Gasteiger partial charge in [-0.25, -0.2) is 0 Å². The minimum atomic E-state index is -0.476. The van der Waals surface area contributed by atoms with Gasteiger partial charge in [-0.3, -0.25) is 0 Å². The van der Waals surface area contributed by atoms with Crippen LogP contribution in [0, 0.1) is 3.57 Å². The zero-order valence-electron chi connectivity index (χ0n) is 9.41. The van der Waals surface area contributed by atoms with Crippen LogP contribution in [0.1, 0.15) is 17.2 Å². The van der Waals surface area contributed by atoms with E-state index in [1.807, 2.05) is 42.5 Å². The van der Waals surface area contributed by atoms with Crippen LogP contribution in [0.4, 0.5) is 0 Å². The Balaban J connectivity index is 2.18. The zero-order chi connectivity index (χ0) is 13.1. The first-order valence-corrected chi connectivity index (χ1v) is 8.10. The van der Waals surface area contributed by atoms with Gasteiger partial charge in [0, 0.05) is 18.9 Å². The van der Waals surface area contributed by atoms with Crippen LogP contribution < -0.4 is 0 Å². The number of rotatable bonds is 3. The molecule has 1 N–H and O–H groups in total. The summed E-state index contributed by atoms with van der Waals surface area (Å²) in [4.78, 5) is 0. The number of hydrogen-bond donors (Lipinski definition) is 1. The lowest BCUT2D eigenvalue weighted by Crippen LogP contribution is -2.04. The molecule has 94 valence electrons. The van der Waals surface area contributed by atoms with Crippen LogP contribution in [0.15, 0.2) is 51.4 Å². The zero-order valence-corrected chi connectivity index (χ0v) is 14.7. The molecule has 2 aromatic carbocycles. The third-order valence-corrected chi connectivity index (χ3v) is 4.66. The Hall–Kier alpha value is 0.0900. The monoisotopic (exact) mass is 480 g/mol. The summed E-state index contributed by atoms with van der Waals surface area (Å²) in [5, 5.41) is 10.3. The first kappa shape index (κ1) is 14.5. The molecule has 1 nitrogen and oxygen atoms in total. The molecule has 2 aromatic rings. The molecule has 0 saturated carbocycles. The smallest absolute Gasteiger partial charge is 0.0840 e. The molecule has 0 aliphatic carbocycles. The van der Waals surface area contributed by atoms with Crippen molar-refractivity contribution in [2.45, 2.75) is 12.5 Å². The summed E-state index contributed by atoms with van der Waals surface area (Å²) in [6.45, 7) is 0. The molecule has 0 fully saturated rings. The Morgan fingerprint density at radius 1 is 1.00 bits per heavy atom. The summed E-state index contributed by atoms with van der Waals surface area (Å²) in [6.07, 6.45) is 0.148. The molecule has 0 heterocycles. The Labute approximate surface area is 137 Å². The highest BCUT2D eigenvalue weighted by Crippen LogP contribution is 2.26. The van der Waals surface area contributed by atoms with Crippen molar-refractivity contribution in [1.82, 2.24) is 0 Å². The third kappa shape index (κ3) is 3.79. The number of benzene rings is 2. The van der Waals surface area contributed by atoms with Crippen LogP contribution in [0.25, 0.3) is 0 Å². The standard InChI is InChI=1S/C14H11Br2IO/c15-10-3-1-9(2-4-10)7-14(18)12-8-11(16)5-6-13(12)17/h1-6,8,14,18H,7H2. The van der Waals surface area contributed by atoms with E-state index in [2.05, 4.69) is 54.5 Å². The second-order valence-electron chi connectivity index (χ2n) is 4.01. The van der Waals surface area contributed by atoms with Gasteiger partial charge >= 0.3 is 0 Å². The molecule has 1 atom stereocenters. The fourth-order valence-corrected chi connectivity index (χ4v) is 3.06. The Morgan fingerprint density at radius 3 is 2.28 bits per heavy atom. The van der Waals surface area contributed by atoms with Crippen molar-refractivity contribution in [3.63, 3.8) is 0 Å². The summed E-state index contributed by atoms with van der Waals surface area (Å²) >= 11 is 9.10. The molecule has 0 aromatic heterocycles. The summed E-state index contributed by atoms with van der Waals surface area (Å²) in [5.74, 6) is 0. The van der Waals surface area contributed by atoms with Crippen molar-refractivity contribution in [1.29, 1.82) is 0 Å². The SMILES string of the molecule is OC(Cc1ccc(Br)cc1)c1cc(Br)ccc1I. The van der Waals surface area contributed by atoms with E-state index in [1.165, 1.54) is 0 Å². The molecule has 0 amide bonds. The maximum Gasteiger partial charge on any atom is 0.0840 e. The first-order valence-electron chi connectivity index (χ1n) is 5.44. The first-order chi connectivity index (χ1) is 8.56. The van der Waals surface area contributed by atoms with E-state index in [0.29, 0.717) is 6.42 Å². The van der Waals surface area contributed by atoms with E-state index in [-0.39, 0.29) is 0 Å². The lowest BCUT2D eigenvalue weighted by atomic mass is 10.0. The van der Waals surface area contributed by atoms with E-state index in [4.69, 9.17) is 0 Å². The average Bonchev–Trinajstić information content (AvgIpc) is 2.35. The van der Waals surface area contributed by atoms with E-state index in [9.17, 15) is 5.11 Å². The van der Waals surface area contributed by atoms with Crippen LogP contribution in [-0.2, 0) is 6.42 Å². The largest absolute Gasteiger partial charge is 0.388 e. The van der Waals surface area contributed by atoms with Crippen molar-refractivity contribution in [2.24, 2.45) is 0 Å². The molecule has 1 unspecified atom stereocenters. The number of halogens is 3. The van der Waals surface area contributed by atoms with Crippen LogP contribution >= 0.6 is 54.5 Å². The summed E-state index contributed by atoms with van der Waals surface area (Å²) in [7, 11) is 0. The molecule has 0 bridgehead atoms. The van der Waals surface area contributed by atoms with Gasteiger partial charge in [0.25, 0.3) is 0 Å². The normalized spacial score (nSPS) is 12.4. The quantitative estimate of drug-likeness (QED) is 0.605. The molecule has 0 aliphatic heterocycles. The molecule has 0 radical (unpaired) electrons. The molecule has 0 saturated heterocycles. The predicted molar refractivity (Wildman–Crippen MR) is 89.7 cm³/mol. The van der Waals surface area contributed by atoms with Crippen LogP contribution in [0.2, 0.25) is 0 Å². The number of hydrogen-bond acceptors (Lipinski definition) is 1. The van der Waals surface area contributed by atoms with E-state index in [0.717, 1.165) is 23.6 Å². The Bertz CT molecular complexity index is 540. The van der Waals surface area contributed by atoms with Gasteiger partial charge in [-0.05, 0) is 64.0 Å². The minimum absolute atomic E-state index is 0.476. The lowest BCUT2D eigenvalue weighted by Gasteiger charge is -2.13. The second-order valence-corrected chi connectivity index (χ2v) is 7.01. The summed E-state index contributed by atoms with van der Waals surface area (Å²) in [6, 6.07) is 14.0. The fraction of sp³-hybridized carbons (Fsp3) is 0.143. The van der Waals surface area contributed by atoms with E-state index in [1.54, 1.807) is 0 Å². The highest BCUT2D eigenvalue weighted by Gasteiger charge is 2.12. The molecule has 0 aliphatic rings. The molecular weight excluding hydrogens is 471 g/mol.